The minimum Gasteiger partial charge on any atom is -0.473 e. The summed E-state index contributed by atoms with van der Waals surface area (Å²) in [6.07, 6.45) is 6.17. The molecule has 0 fully saturated rings. The Bertz CT molecular complexity index is 1400. The second-order valence-corrected chi connectivity index (χ2v) is 10.4. The molecule has 0 atom stereocenters. The average Bonchev–Trinajstić information content (AvgIpc) is 3.36. The molecule has 180 valence electrons. The molecule has 35 heavy (non-hydrogen) atoms. The molecule has 3 heterocycles. The number of aryl methyl sites for hydroxylation is 1. The summed E-state index contributed by atoms with van der Waals surface area (Å²) in [5.74, 6) is 0.103. The van der Waals surface area contributed by atoms with E-state index in [4.69, 9.17) is 9.47 Å². The molecule has 1 N–H and O–H groups in total. The first-order valence-electron chi connectivity index (χ1n) is 10.3. The Hall–Kier alpha value is -3.35. The maximum Gasteiger partial charge on any atom is 0.316 e. The monoisotopic (exact) mass is 573 g/mol. The van der Waals surface area contributed by atoms with Gasteiger partial charge < -0.3 is 9.47 Å². The summed E-state index contributed by atoms with van der Waals surface area (Å²) in [6, 6.07) is 9.78. The molecule has 0 amide bonds. The number of anilines is 1. The van der Waals surface area contributed by atoms with Crippen molar-refractivity contribution in [3.05, 3.63) is 80.7 Å². The van der Waals surface area contributed by atoms with Crippen LogP contribution < -0.4 is 14.2 Å². The highest BCUT2D eigenvalue weighted by atomic mass is 79.9. The number of benzene rings is 1. The molecule has 4 rings (SSSR count). The Kier molecular flexibility index (Phi) is 8.06. The third-order valence-corrected chi connectivity index (χ3v) is 6.56. The lowest BCUT2D eigenvalue weighted by Gasteiger charge is -2.12. The summed E-state index contributed by atoms with van der Waals surface area (Å²) < 4.78 is 39.4. The first kappa shape index (κ1) is 24.8. The van der Waals surface area contributed by atoms with E-state index < -0.39 is 10.0 Å². The van der Waals surface area contributed by atoms with Crippen molar-refractivity contribution in [3.63, 3.8) is 0 Å². The fourth-order valence-corrected chi connectivity index (χ4v) is 4.39. The Labute approximate surface area is 215 Å². The Morgan fingerprint density at radius 3 is 2.49 bits per heavy atom. The summed E-state index contributed by atoms with van der Waals surface area (Å²) in [4.78, 5) is 16.6. The molecule has 9 nitrogen and oxygen atoms in total. The molecule has 0 aliphatic carbocycles. The summed E-state index contributed by atoms with van der Waals surface area (Å²) in [7, 11) is -3.83. The number of nitrogens with one attached hydrogen (secondary N) is 1. The second kappa shape index (κ2) is 11.4. The van der Waals surface area contributed by atoms with Crippen LogP contribution in [0.4, 0.5) is 5.95 Å². The van der Waals surface area contributed by atoms with Gasteiger partial charge in [0, 0.05) is 18.6 Å². The maximum atomic E-state index is 12.5. The fourth-order valence-electron chi connectivity index (χ4n) is 2.80. The molecule has 0 aliphatic rings. The number of thiophene rings is 1. The number of hydrogen-bond acceptors (Lipinski definition) is 9. The largest absolute Gasteiger partial charge is 0.473 e. The molecule has 0 saturated carbocycles. The molecular formula is C23H20BrN5O4S2. The van der Waals surface area contributed by atoms with Crippen molar-refractivity contribution in [2.45, 2.75) is 6.92 Å². The zero-order valence-corrected chi connectivity index (χ0v) is 21.7. The van der Waals surface area contributed by atoms with Gasteiger partial charge in [-0.05, 0) is 56.9 Å². The van der Waals surface area contributed by atoms with Crippen molar-refractivity contribution >= 4 is 49.3 Å². The highest BCUT2D eigenvalue weighted by molar-refractivity contribution is 9.10. The number of sulfonamides is 1. The van der Waals surface area contributed by atoms with Crippen LogP contribution >= 0.6 is 27.3 Å². The van der Waals surface area contributed by atoms with Gasteiger partial charge in [0.15, 0.2) is 0 Å². The lowest BCUT2D eigenvalue weighted by molar-refractivity contribution is 0.202. The topological polar surface area (TPSA) is 116 Å². The van der Waals surface area contributed by atoms with E-state index in [9.17, 15) is 8.42 Å². The minimum absolute atomic E-state index is 0.108. The van der Waals surface area contributed by atoms with Gasteiger partial charge in [-0.2, -0.15) is 16.3 Å². The van der Waals surface area contributed by atoms with Crippen molar-refractivity contribution in [2.24, 2.45) is 0 Å². The van der Waals surface area contributed by atoms with Crippen LogP contribution in [0.2, 0.25) is 0 Å². The number of ether oxygens (including phenoxy) is 2. The fraction of sp³-hybridized carbons (Fsp3) is 0.130. The molecule has 3 aromatic heterocycles. The van der Waals surface area contributed by atoms with E-state index in [1.54, 1.807) is 12.4 Å². The summed E-state index contributed by atoms with van der Waals surface area (Å²) in [5.41, 5.74) is 3.33. The zero-order chi connectivity index (χ0) is 24.7. The van der Waals surface area contributed by atoms with E-state index in [2.05, 4.69) is 40.6 Å². The van der Waals surface area contributed by atoms with Gasteiger partial charge in [0.25, 0.3) is 10.0 Å². The van der Waals surface area contributed by atoms with E-state index in [0.717, 1.165) is 26.6 Å². The third-order valence-electron chi connectivity index (χ3n) is 4.48. The number of halogens is 1. The predicted molar refractivity (Wildman–Crippen MR) is 139 cm³/mol. The predicted octanol–water partition coefficient (Wildman–Crippen LogP) is 4.94. The van der Waals surface area contributed by atoms with Crippen LogP contribution in [-0.4, -0.2) is 41.6 Å². The number of nitrogens with zero attached hydrogens (tertiary/aromatic N) is 4. The van der Waals surface area contributed by atoms with Gasteiger partial charge in [-0.3, -0.25) is 0 Å². The average molecular weight is 574 g/mol. The van der Waals surface area contributed by atoms with Crippen molar-refractivity contribution in [2.75, 3.05) is 17.9 Å². The number of hydrogen-bond donors (Lipinski definition) is 1. The van der Waals surface area contributed by atoms with Crippen molar-refractivity contribution in [3.8, 4) is 23.0 Å². The van der Waals surface area contributed by atoms with Crippen molar-refractivity contribution in [1.29, 1.82) is 0 Å². The van der Waals surface area contributed by atoms with Gasteiger partial charge in [-0.25, -0.2) is 28.1 Å². The van der Waals surface area contributed by atoms with Crippen LogP contribution in [0.5, 0.6) is 11.9 Å². The second-order valence-electron chi connectivity index (χ2n) is 7.17. The van der Waals surface area contributed by atoms with E-state index in [-0.39, 0.29) is 31.1 Å². The van der Waals surface area contributed by atoms with Crippen LogP contribution in [0.1, 0.15) is 11.1 Å². The number of rotatable bonds is 10. The molecule has 12 heteroatoms. The van der Waals surface area contributed by atoms with Crippen LogP contribution in [0.15, 0.2) is 69.6 Å². The third kappa shape index (κ3) is 7.31. The van der Waals surface area contributed by atoms with Gasteiger partial charge >= 0.3 is 6.01 Å². The first-order valence-corrected chi connectivity index (χ1v) is 13.6. The first-order chi connectivity index (χ1) is 16.9. The number of aromatic nitrogens is 4. The van der Waals surface area contributed by atoms with Gasteiger partial charge in [0.2, 0.25) is 11.8 Å². The quantitative estimate of drug-likeness (QED) is 0.265. The molecule has 0 unspecified atom stereocenters. The molecule has 0 saturated heterocycles. The lowest BCUT2D eigenvalue weighted by Crippen LogP contribution is -2.14. The molecule has 4 aromatic rings. The summed E-state index contributed by atoms with van der Waals surface area (Å²) in [6.45, 7) is 2.27. The SMILES string of the molecule is Cc1ccc(-c2cnc(NS(=O)(=O)C=Cc3ccsc3)nc2OCCOc2ncc(Br)cn2)cc1. The van der Waals surface area contributed by atoms with Crippen molar-refractivity contribution in [1.82, 2.24) is 19.9 Å². The maximum absolute atomic E-state index is 12.5. The highest BCUT2D eigenvalue weighted by Crippen LogP contribution is 2.29. The lowest BCUT2D eigenvalue weighted by atomic mass is 10.1. The van der Waals surface area contributed by atoms with Gasteiger partial charge in [-0.15, -0.1) is 0 Å². The smallest absolute Gasteiger partial charge is 0.316 e. The van der Waals surface area contributed by atoms with Crippen LogP contribution in [0, 0.1) is 6.92 Å². The van der Waals surface area contributed by atoms with Gasteiger partial charge in [0.1, 0.15) is 13.2 Å². The Balaban J connectivity index is 1.50. The van der Waals surface area contributed by atoms with Crippen LogP contribution in [-0.2, 0) is 10.0 Å². The van der Waals surface area contributed by atoms with Gasteiger partial charge in [0.05, 0.1) is 15.4 Å². The van der Waals surface area contributed by atoms with E-state index in [0.29, 0.717) is 5.56 Å². The van der Waals surface area contributed by atoms with Crippen LogP contribution in [0.25, 0.3) is 17.2 Å². The molecule has 0 spiro atoms. The highest BCUT2D eigenvalue weighted by Gasteiger charge is 2.15. The van der Waals surface area contributed by atoms with E-state index in [1.807, 2.05) is 48.0 Å². The Morgan fingerprint density at radius 2 is 1.77 bits per heavy atom. The molecule has 0 bridgehead atoms. The van der Waals surface area contributed by atoms with Crippen LogP contribution in [0.3, 0.4) is 0 Å². The van der Waals surface area contributed by atoms with Gasteiger partial charge in [-0.1, -0.05) is 29.8 Å². The standard InChI is InChI=1S/C23H20BrN5O4S2/c1-16-2-4-18(5-3-16)20-14-25-22(29-35(30,31)11-7-17-6-10-34-15-17)28-21(20)32-8-9-33-23-26-12-19(24)13-27-23/h2-7,10-15H,8-9H2,1H3,(H,25,28,29). The van der Waals surface area contributed by atoms with E-state index >= 15 is 0 Å². The molecule has 0 aliphatic heterocycles. The minimum atomic E-state index is -3.83. The molecular weight excluding hydrogens is 554 g/mol. The van der Waals surface area contributed by atoms with Crippen molar-refractivity contribution < 1.29 is 17.9 Å². The Morgan fingerprint density at radius 1 is 1.03 bits per heavy atom. The summed E-state index contributed by atoms with van der Waals surface area (Å²) in [5, 5.41) is 4.77. The molecule has 0 radical (unpaired) electrons. The van der Waals surface area contributed by atoms with E-state index in [1.165, 1.54) is 23.6 Å². The zero-order valence-electron chi connectivity index (χ0n) is 18.5. The molecule has 1 aromatic carbocycles. The normalized spacial score (nSPS) is 11.5. The summed E-state index contributed by atoms with van der Waals surface area (Å²) >= 11 is 4.74.